The monoisotopic (exact) mass is 380 g/mol. The maximum Gasteiger partial charge on any atom is 0.216 e. The van der Waals surface area contributed by atoms with Gasteiger partial charge in [0.1, 0.15) is 11.6 Å². The average Bonchev–Trinajstić information content (AvgIpc) is 2.61. The Hall–Kier alpha value is -1.70. The molecular formula is C17H21ClN4O2S. The third kappa shape index (κ3) is 5.39. The normalized spacial score (nSPS) is 15.3. The van der Waals surface area contributed by atoms with E-state index < -0.39 is 10.0 Å². The summed E-state index contributed by atoms with van der Waals surface area (Å²) in [5, 5.41) is 0.519. The molecule has 1 N–H and O–H groups in total. The third-order valence-corrected chi connectivity index (χ3v) is 5.60. The van der Waals surface area contributed by atoms with E-state index in [4.69, 9.17) is 11.6 Å². The van der Waals surface area contributed by atoms with Crippen LogP contribution in [0.1, 0.15) is 30.7 Å². The first-order valence-corrected chi connectivity index (χ1v) is 10.3. The number of hydrogen-bond acceptors (Lipinski definition) is 5. The molecule has 1 fully saturated rings. The van der Waals surface area contributed by atoms with E-state index in [9.17, 15) is 8.42 Å². The van der Waals surface area contributed by atoms with Crippen LogP contribution in [0.4, 0.5) is 5.82 Å². The largest absolute Gasteiger partial charge is 0.357 e. The van der Waals surface area contributed by atoms with Crippen LogP contribution in [0.15, 0.2) is 36.5 Å². The molecule has 1 aliphatic rings. The van der Waals surface area contributed by atoms with Crippen molar-refractivity contribution in [1.29, 1.82) is 0 Å². The average molecular weight is 381 g/mol. The third-order valence-electron chi connectivity index (χ3n) is 4.07. The molecule has 1 aromatic carbocycles. The lowest BCUT2D eigenvalue weighted by Gasteiger charge is -2.27. The zero-order valence-corrected chi connectivity index (χ0v) is 15.4. The zero-order valence-electron chi connectivity index (χ0n) is 13.9. The number of benzene rings is 1. The van der Waals surface area contributed by atoms with Crippen molar-refractivity contribution < 1.29 is 8.42 Å². The van der Waals surface area contributed by atoms with Gasteiger partial charge in [0.25, 0.3) is 0 Å². The van der Waals surface area contributed by atoms with Crippen molar-refractivity contribution in [2.75, 3.05) is 18.0 Å². The van der Waals surface area contributed by atoms with Gasteiger partial charge in [0.05, 0.1) is 12.3 Å². The highest BCUT2D eigenvalue weighted by Gasteiger charge is 2.15. The second-order valence-electron chi connectivity index (χ2n) is 6.09. The van der Waals surface area contributed by atoms with Gasteiger partial charge in [-0.1, -0.05) is 23.7 Å². The summed E-state index contributed by atoms with van der Waals surface area (Å²) in [6.07, 6.45) is 5.24. The van der Waals surface area contributed by atoms with E-state index in [-0.39, 0.29) is 12.3 Å². The maximum atomic E-state index is 12.3. The van der Waals surface area contributed by atoms with Crippen LogP contribution in [-0.4, -0.2) is 31.5 Å². The highest BCUT2D eigenvalue weighted by molar-refractivity contribution is 7.88. The molecular weight excluding hydrogens is 360 g/mol. The van der Waals surface area contributed by atoms with Crippen LogP contribution in [-0.2, 0) is 22.3 Å². The molecule has 25 heavy (non-hydrogen) atoms. The summed E-state index contributed by atoms with van der Waals surface area (Å²) in [7, 11) is -3.49. The number of rotatable bonds is 6. The summed E-state index contributed by atoms with van der Waals surface area (Å²) >= 11 is 5.90. The Morgan fingerprint density at radius 3 is 2.72 bits per heavy atom. The fourth-order valence-electron chi connectivity index (χ4n) is 2.84. The summed E-state index contributed by atoms with van der Waals surface area (Å²) < 4.78 is 27.1. The molecule has 0 radical (unpaired) electrons. The lowest BCUT2D eigenvalue weighted by molar-refractivity contribution is 0.569. The first-order chi connectivity index (χ1) is 12.0. The van der Waals surface area contributed by atoms with Gasteiger partial charge in [-0.05, 0) is 43.0 Å². The molecule has 6 nitrogen and oxygen atoms in total. The Morgan fingerprint density at radius 1 is 1.16 bits per heavy atom. The lowest BCUT2D eigenvalue weighted by Crippen LogP contribution is -2.31. The van der Waals surface area contributed by atoms with Crippen molar-refractivity contribution in [3.63, 3.8) is 0 Å². The number of piperidine rings is 1. The van der Waals surface area contributed by atoms with Crippen LogP contribution in [0.25, 0.3) is 0 Å². The van der Waals surface area contributed by atoms with E-state index in [0.717, 1.165) is 31.7 Å². The Bertz CT molecular complexity index is 823. The van der Waals surface area contributed by atoms with E-state index in [1.807, 2.05) is 6.07 Å². The fourth-order valence-corrected chi connectivity index (χ4v) is 4.13. The summed E-state index contributed by atoms with van der Waals surface area (Å²) in [6.45, 7) is 2.04. The predicted octanol–water partition coefficient (Wildman–Crippen LogP) is 2.74. The molecule has 1 aromatic heterocycles. The smallest absolute Gasteiger partial charge is 0.216 e. The number of sulfonamides is 1. The molecule has 0 atom stereocenters. The van der Waals surface area contributed by atoms with Crippen molar-refractivity contribution in [1.82, 2.24) is 14.7 Å². The Morgan fingerprint density at radius 2 is 1.96 bits per heavy atom. The molecule has 2 heterocycles. The molecule has 2 aromatic rings. The molecule has 3 rings (SSSR count). The molecule has 0 spiro atoms. The van der Waals surface area contributed by atoms with Gasteiger partial charge in [-0.3, -0.25) is 0 Å². The molecule has 0 amide bonds. The van der Waals surface area contributed by atoms with Crippen LogP contribution < -0.4 is 9.62 Å². The minimum Gasteiger partial charge on any atom is -0.357 e. The highest BCUT2D eigenvalue weighted by Crippen LogP contribution is 2.17. The summed E-state index contributed by atoms with van der Waals surface area (Å²) in [4.78, 5) is 10.9. The van der Waals surface area contributed by atoms with E-state index in [0.29, 0.717) is 16.4 Å². The van der Waals surface area contributed by atoms with Crippen molar-refractivity contribution in [3.8, 4) is 0 Å². The Labute approximate surface area is 153 Å². The lowest BCUT2D eigenvalue weighted by atomic mass is 10.1. The highest BCUT2D eigenvalue weighted by atomic mass is 35.5. The second-order valence-corrected chi connectivity index (χ2v) is 8.33. The maximum absolute atomic E-state index is 12.3. The van der Waals surface area contributed by atoms with E-state index >= 15 is 0 Å². The molecule has 134 valence electrons. The molecule has 0 saturated carbocycles. The first kappa shape index (κ1) is 18.1. The number of aromatic nitrogens is 2. The van der Waals surface area contributed by atoms with Gasteiger partial charge in [0.15, 0.2) is 0 Å². The SMILES string of the molecule is O=S(=O)(Cc1cccc(Cl)c1)NCc1nccc(N2CCCCC2)n1. The van der Waals surface area contributed by atoms with E-state index in [1.165, 1.54) is 6.42 Å². The van der Waals surface area contributed by atoms with E-state index in [2.05, 4.69) is 19.6 Å². The topological polar surface area (TPSA) is 75.2 Å². The Kier molecular flexibility index (Phi) is 5.88. The molecule has 1 saturated heterocycles. The van der Waals surface area contributed by atoms with Gasteiger partial charge in [-0.15, -0.1) is 0 Å². The minimum atomic E-state index is -3.49. The van der Waals surface area contributed by atoms with Crippen LogP contribution >= 0.6 is 11.6 Å². The van der Waals surface area contributed by atoms with E-state index in [1.54, 1.807) is 30.5 Å². The van der Waals surface area contributed by atoms with Crippen molar-refractivity contribution in [3.05, 3.63) is 52.9 Å². The number of halogens is 1. The quantitative estimate of drug-likeness (QED) is 0.833. The van der Waals surface area contributed by atoms with Crippen LogP contribution in [0, 0.1) is 0 Å². The van der Waals surface area contributed by atoms with Crippen molar-refractivity contribution >= 4 is 27.4 Å². The molecule has 0 bridgehead atoms. The summed E-state index contributed by atoms with van der Waals surface area (Å²) in [5.74, 6) is 1.20. The standard InChI is InChI=1S/C17H21ClN4O2S/c18-15-6-4-5-14(11-15)13-25(23,24)20-12-16-19-8-7-17(21-16)22-9-2-1-3-10-22/h4-8,11,20H,1-3,9-10,12-13H2. The molecule has 0 unspecified atom stereocenters. The summed E-state index contributed by atoms with van der Waals surface area (Å²) in [6, 6.07) is 8.70. The number of nitrogens with one attached hydrogen (secondary N) is 1. The second kappa shape index (κ2) is 8.12. The van der Waals surface area contributed by atoms with Crippen LogP contribution in [0.3, 0.4) is 0 Å². The van der Waals surface area contributed by atoms with Gasteiger partial charge in [-0.2, -0.15) is 0 Å². The van der Waals surface area contributed by atoms with Gasteiger partial charge < -0.3 is 4.90 Å². The fraction of sp³-hybridized carbons (Fsp3) is 0.412. The van der Waals surface area contributed by atoms with Gasteiger partial charge in [-0.25, -0.2) is 23.1 Å². The van der Waals surface area contributed by atoms with Crippen LogP contribution in [0.5, 0.6) is 0 Å². The molecule has 1 aliphatic heterocycles. The van der Waals surface area contributed by atoms with Gasteiger partial charge >= 0.3 is 0 Å². The Balaban J connectivity index is 1.62. The van der Waals surface area contributed by atoms with Gasteiger partial charge in [0, 0.05) is 24.3 Å². The minimum absolute atomic E-state index is 0.0740. The molecule has 0 aliphatic carbocycles. The summed E-state index contributed by atoms with van der Waals surface area (Å²) in [5.41, 5.74) is 0.642. The number of anilines is 1. The number of hydrogen-bond donors (Lipinski definition) is 1. The predicted molar refractivity (Wildman–Crippen MR) is 99.0 cm³/mol. The number of nitrogens with zero attached hydrogens (tertiary/aromatic N) is 3. The molecule has 8 heteroatoms. The van der Waals surface area contributed by atoms with Crippen molar-refractivity contribution in [2.24, 2.45) is 0 Å². The van der Waals surface area contributed by atoms with Crippen LogP contribution in [0.2, 0.25) is 5.02 Å². The first-order valence-electron chi connectivity index (χ1n) is 8.30. The van der Waals surface area contributed by atoms with Gasteiger partial charge in [0.2, 0.25) is 10.0 Å². The van der Waals surface area contributed by atoms with Crippen molar-refractivity contribution in [2.45, 2.75) is 31.6 Å². The zero-order chi connectivity index (χ0) is 17.7.